The number of nitrogens with zero attached hydrogens (tertiary/aromatic N) is 2. The third-order valence-electron chi connectivity index (χ3n) is 6.46. The Balaban J connectivity index is 1.67. The first-order valence-corrected chi connectivity index (χ1v) is 11.3. The minimum Gasteiger partial charge on any atom is -0.393 e. The molecule has 1 saturated heterocycles. The summed E-state index contributed by atoms with van der Waals surface area (Å²) in [6.07, 6.45) is 0.1000. The number of fused-ring (bicyclic) bond motifs is 1. The van der Waals surface area contributed by atoms with Crippen molar-refractivity contribution >= 4 is 91.0 Å². The maximum absolute atomic E-state index is 14.9. The molecule has 37 heavy (non-hydrogen) atoms. The third-order valence-corrected chi connectivity index (χ3v) is 6.71. The van der Waals surface area contributed by atoms with Crippen molar-refractivity contribution in [2.24, 2.45) is 0 Å². The van der Waals surface area contributed by atoms with Crippen molar-refractivity contribution in [1.29, 1.82) is 0 Å². The van der Waals surface area contributed by atoms with Crippen molar-refractivity contribution in [2.75, 3.05) is 0 Å². The summed E-state index contributed by atoms with van der Waals surface area (Å²) in [6, 6.07) is 3.32. The predicted octanol–water partition coefficient (Wildman–Crippen LogP) is -1.65. The van der Waals surface area contributed by atoms with Crippen molar-refractivity contribution in [3.8, 4) is 0 Å². The fourth-order valence-electron chi connectivity index (χ4n) is 4.44. The van der Waals surface area contributed by atoms with E-state index in [1.807, 2.05) is 0 Å². The number of benzene rings is 2. The average Bonchev–Trinajstić information content (AvgIpc) is 3.19. The van der Waals surface area contributed by atoms with E-state index >= 15 is 0 Å². The molecule has 2 atom stereocenters. The minimum absolute atomic E-state index is 0.0197. The highest BCUT2D eigenvalue weighted by Gasteiger charge is 2.45. The van der Waals surface area contributed by atoms with Gasteiger partial charge in [-0.15, -0.1) is 0 Å². The molecule has 10 radical (unpaired) electrons. The van der Waals surface area contributed by atoms with E-state index < -0.39 is 47.1 Å². The van der Waals surface area contributed by atoms with Gasteiger partial charge in [0, 0.05) is 35.1 Å². The van der Waals surface area contributed by atoms with Crippen molar-refractivity contribution < 1.29 is 28.0 Å². The molecule has 2 aromatic rings. The predicted molar refractivity (Wildman–Crippen MR) is 135 cm³/mol. The van der Waals surface area contributed by atoms with Crippen LogP contribution >= 0.6 is 11.6 Å². The van der Waals surface area contributed by atoms with Crippen LogP contribution in [-0.4, -0.2) is 78.7 Å². The zero-order chi connectivity index (χ0) is 27.4. The molecule has 0 aromatic heterocycles. The van der Waals surface area contributed by atoms with Crippen LogP contribution in [0.4, 0.5) is 8.78 Å². The van der Waals surface area contributed by atoms with E-state index in [2.05, 4.69) is 5.32 Å². The highest BCUT2D eigenvalue weighted by Crippen LogP contribution is 2.33. The van der Waals surface area contributed by atoms with Gasteiger partial charge in [-0.1, -0.05) is 45.7 Å². The van der Waals surface area contributed by atoms with E-state index in [1.54, 1.807) is 0 Å². The molecule has 2 heterocycles. The van der Waals surface area contributed by atoms with Gasteiger partial charge < -0.3 is 9.71 Å². The van der Waals surface area contributed by atoms with E-state index in [0.717, 1.165) is 12.1 Å². The van der Waals surface area contributed by atoms with E-state index in [1.165, 1.54) is 17.0 Å². The zero-order valence-electron chi connectivity index (χ0n) is 19.1. The summed E-state index contributed by atoms with van der Waals surface area (Å²) in [6.45, 7) is -0.198. The largest absolute Gasteiger partial charge is 0.393 e. The lowest BCUT2D eigenvalue weighted by Crippen LogP contribution is -2.52. The van der Waals surface area contributed by atoms with Gasteiger partial charge in [0.15, 0.2) is 0 Å². The second-order valence-electron chi connectivity index (χ2n) is 8.65. The number of hydrogen-bond acceptors (Lipinski definition) is 4. The number of carbonyl (C=O) groups is 4. The number of rotatable bonds is 5. The van der Waals surface area contributed by atoms with Crippen LogP contribution in [0.2, 0.25) is 5.02 Å². The molecule has 176 valence electrons. The van der Waals surface area contributed by atoms with Crippen LogP contribution in [0.5, 0.6) is 0 Å². The Bertz CT molecular complexity index is 1340. The lowest BCUT2D eigenvalue weighted by Gasteiger charge is -2.34. The Morgan fingerprint density at radius 3 is 2.32 bits per heavy atom. The number of halogens is 3. The summed E-state index contributed by atoms with van der Waals surface area (Å²) in [5, 5.41) is 2.35. The second kappa shape index (κ2) is 9.70. The molecule has 2 aromatic carbocycles. The molecule has 4 rings (SSSR count). The second-order valence-corrected chi connectivity index (χ2v) is 9.08. The van der Waals surface area contributed by atoms with Gasteiger partial charge in [0.05, 0.1) is 0 Å². The first kappa shape index (κ1) is 27.0. The number of nitrogens with one attached hydrogen (secondary N) is 1. The SMILES string of the molecule is [B]c1c([B])c(C([B])N([B])C(=O)C(F)(F)c2ccc(Cl)cc2)c([B])c2c1C(=O)N(C1CCC(=O)NC1=O)C2. The average molecular weight is 511 g/mol. The lowest BCUT2D eigenvalue weighted by molar-refractivity contribution is -0.154. The monoisotopic (exact) mass is 511 g/mol. The van der Waals surface area contributed by atoms with E-state index in [9.17, 15) is 28.0 Å². The van der Waals surface area contributed by atoms with Gasteiger partial charge in [-0.3, -0.25) is 24.5 Å². The number of carbonyl (C=O) groups excluding carboxylic acids is 4. The summed E-state index contributed by atoms with van der Waals surface area (Å²) >= 11 is 5.73. The lowest BCUT2D eigenvalue weighted by atomic mass is 9.64. The summed E-state index contributed by atoms with van der Waals surface area (Å²) in [7, 11) is 30.2. The molecule has 2 aliphatic heterocycles. The molecule has 15 heteroatoms. The van der Waals surface area contributed by atoms with Crippen molar-refractivity contribution in [3.05, 3.63) is 51.5 Å². The number of alkyl halides is 2. The fourth-order valence-corrected chi connectivity index (χ4v) is 4.56. The highest BCUT2D eigenvalue weighted by molar-refractivity contribution is 6.54. The Kier molecular flexibility index (Phi) is 7.09. The number of piperidine rings is 1. The molecular formula is C22H13B5ClF2N3O4. The van der Waals surface area contributed by atoms with E-state index in [-0.39, 0.29) is 62.3 Å². The maximum Gasteiger partial charge on any atom is 0.348 e. The molecule has 7 nitrogen and oxygen atoms in total. The van der Waals surface area contributed by atoms with Crippen LogP contribution in [0.25, 0.3) is 0 Å². The van der Waals surface area contributed by atoms with Crippen LogP contribution < -0.4 is 21.7 Å². The van der Waals surface area contributed by atoms with Gasteiger partial charge in [-0.05, 0) is 24.1 Å². The molecule has 0 bridgehead atoms. The summed E-state index contributed by atoms with van der Waals surface area (Å²) < 4.78 is 29.8. The molecule has 4 amide bonds. The molecule has 2 aliphatic rings. The molecule has 0 spiro atoms. The standard InChI is InChI=1S/C22H13B5ClF2N3O4/c23-15-10-7-32(11-5-6-12(34)31-19(11)35)20(36)13(10)16(24)17(25)14(15)18(26)33(27)21(37)22(29,30)8-1-3-9(28)4-2-8/h1-4,11,18H,5-7H2,(H,31,34,35). The fraction of sp³-hybridized carbons (Fsp3) is 0.273. The minimum atomic E-state index is -4.08. The first-order valence-electron chi connectivity index (χ1n) is 10.9. The van der Waals surface area contributed by atoms with Crippen LogP contribution in [0.1, 0.15) is 45.8 Å². The Hall–Kier alpha value is -3.01. The van der Waals surface area contributed by atoms with Crippen LogP contribution in [0, 0.1) is 0 Å². The van der Waals surface area contributed by atoms with Gasteiger partial charge in [0.2, 0.25) is 19.8 Å². The molecule has 0 aliphatic carbocycles. The number of imide groups is 1. The van der Waals surface area contributed by atoms with Crippen LogP contribution in [-0.2, 0) is 26.9 Å². The van der Waals surface area contributed by atoms with Crippen molar-refractivity contribution in [3.63, 3.8) is 0 Å². The third kappa shape index (κ3) is 4.49. The van der Waals surface area contributed by atoms with Crippen molar-refractivity contribution in [2.45, 2.75) is 37.3 Å². The Morgan fingerprint density at radius 2 is 1.73 bits per heavy atom. The topological polar surface area (TPSA) is 86.8 Å². The molecule has 1 fully saturated rings. The smallest absolute Gasteiger partial charge is 0.348 e. The molecular weight excluding hydrogens is 498 g/mol. The molecule has 1 N–H and O–H groups in total. The van der Waals surface area contributed by atoms with Gasteiger partial charge in [0.25, 0.3) is 11.8 Å². The zero-order valence-corrected chi connectivity index (χ0v) is 19.9. The molecule has 0 saturated carbocycles. The van der Waals surface area contributed by atoms with Crippen molar-refractivity contribution in [1.82, 2.24) is 15.0 Å². The maximum atomic E-state index is 14.9. The van der Waals surface area contributed by atoms with Crippen LogP contribution in [0.15, 0.2) is 24.3 Å². The van der Waals surface area contributed by atoms with Gasteiger partial charge in [0.1, 0.15) is 37.4 Å². The normalized spacial score (nSPS) is 18.4. The summed E-state index contributed by atoms with van der Waals surface area (Å²) in [4.78, 5) is 50.9. The van der Waals surface area contributed by atoms with Gasteiger partial charge >= 0.3 is 5.92 Å². The van der Waals surface area contributed by atoms with Gasteiger partial charge in [-0.2, -0.15) is 8.78 Å². The molecule has 2 unspecified atom stereocenters. The van der Waals surface area contributed by atoms with E-state index in [4.69, 9.17) is 51.0 Å². The Morgan fingerprint density at radius 1 is 1.11 bits per heavy atom. The number of amides is 4. The quantitative estimate of drug-likeness (QED) is 0.386. The summed E-state index contributed by atoms with van der Waals surface area (Å²) in [5.74, 6) is -9.51. The van der Waals surface area contributed by atoms with E-state index in [0.29, 0.717) is 0 Å². The highest BCUT2D eigenvalue weighted by atomic mass is 35.5. The van der Waals surface area contributed by atoms with Crippen LogP contribution in [0.3, 0.4) is 0 Å². The van der Waals surface area contributed by atoms with Gasteiger partial charge in [-0.25, -0.2) is 0 Å². The number of hydrogen-bond donors (Lipinski definition) is 1. The summed E-state index contributed by atoms with van der Waals surface area (Å²) in [5.41, 5.74) is -1.66. The Labute approximate surface area is 222 Å². The first-order chi connectivity index (χ1) is 17.3.